The van der Waals surface area contributed by atoms with Gasteiger partial charge < -0.3 is 15.5 Å². The van der Waals surface area contributed by atoms with Gasteiger partial charge >= 0.3 is 0 Å². The van der Waals surface area contributed by atoms with Crippen LogP contribution < -0.4 is 15.5 Å². The molecule has 1 heterocycles. The van der Waals surface area contributed by atoms with E-state index in [4.69, 9.17) is 0 Å². The molecule has 1 aliphatic rings. The lowest BCUT2D eigenvalue weighted by Crippen LogP contribution is -2.42. The lowest BCUT2D eigenvalue weighted by atomic mass is 10.0. The number of nitrogens with one attached hydrogen (secondary N) is 2. The maximum absolute atomic E-state index is 12.5. The third kappa shape index (κ3) is 4.48. The smallest absolute Gasteiger partial charge is 0.251 e. The zero-order valence-electron chi connectivity index (χ0n) is 16.2. The molecule has 2 amide bonds. The van der Waals surface area contributed by atoms with Gasteiger partial charge in [0.1, 0.15) is 0 Å². The van der Waals surface area contributed by atoms with Crippen LogP contribution in [0.15, 0.2) is 48.5 Å². The van der Waals surface area contributed by atoms with Crippen LogP contribution in [0.25, 0.3) is 0 Å². The molecule has 2 aromatic rings. The van der Waals surface area contributed by atoms with Crippen molar-refractivity contribution in [3.63, 3.8) is 0 Å². The van der Waals surface area contributed by atoms with E-state index in [0.29, 0.717) is 5.56 Å². The lowest BCUT2D eigenvalue weighted by molar-refractivity contribution is -0.116. The number of rotatable bonds is 6. The third-order valence-corrected chi connectivity index (χ3v) is 5.11. The van der Waals surface area contributed by atoms with Gasteiger partial charge in [0.25, 0.3) is 5.91 Å². The fourth-order valence-corrected chi connectivity index (χ4v) is 3.08. The maximum Gasteiger partial charge on any atom is 0.251 e. The molecule has 5 heteroatoms. The van der Waals surface area contributed by atoms with Crippen molar-refractivity contribution < 1.29 is 9.59 Å². The normalized spacial score (nSPS) is 13.2. The number of nitrogens with zero attached hydrogens (tertiary/aromatic N) is 1. The maximum atomic E-state index is 12.5. The Morgan fingerprint density at radius 2 is 1.78 bits per heavy atom. The number of amides is 2. The van der Waals surface area contributed by atoms with E-state index in [1.807, 2.05) is 56.0 Å². The molecule has 0 bridgehead atoms. The summed E-state index contributed by atoms with van der Waals surface area (Å²) in [5, 5.41) is 6.17. The lowest BCUT2D eigenvalue weighted by Gasteiger charge is -2.24. The first-order valence-corrected chi connectivity index (χ1v) is 9.44. The fraction of sp³-hybridized carbons (Fsp3) is 0.364. The minimum absolute atomic E-state index is 0.0477. The van der Waals surface area contributed by atoms with Crippen LogP contribution >= 0.6 is 0 Å². The van der Waals surface area contributed by atoms with Gasteiger partial charge in [-0.15, -0.1) is 0 Å². The average Bonchev–Trinajstić information content (AvgIpc) is 3.10. The second-order valence-corrected chi connectivity index (χ2v) is 7.55. The number of anilines is 2. The molecular formula is C22H27N3O2. The number of hydrogen-bond donors (Lipinski definition) is 2. The Morgan fingerprint density at radius 3 is 2.48 bits per heavy atom. The Balaban J connectivity index is 1.56. The summed E-state index contributed by atoms with van der Waals surface area (Å²) in [6, 6.07) is 15.2. The van der Waals surface area contributed by atoms with E-state index in [0.717, 1.165) is 30.8 Å². The monoisotopic (exact) mass is 365 g/mol. The van der Waals surface area contributed by atoms with Gasteiger partial charge in [-0.05, 0) is 62.6 Å². The number of carbonyl (C=O) groups excluding carboxylic acids is 2. The summed E-state index contributed by atoms with van der Waals surface area (Å²) >= 11 is 0. The van der Waals surface area contributed by atoms with Crippen molar-refractivity contribution in [1.29, 1.82) is 0 Å². The molecule has 0 saturated heterocycles. The molecule has 5 nitrogen and oxygen atoms in total. The molecule has 0 radical (unpaired) electrons. The fourth-order valence-electron chi connectivity index (χ4n) is 3.08. The zero-order valence-corrected chi connectivity index (χ0v) is 16.2. The average molecular weight is 365 g/mol. The summed E-state index contributed by atoms with van der Waals surface area (Å²) < 4.78 is 0. The highest BCUT2D eigenvalue weighted by Crippen LogP contribution is 2.27. The highest BCUT2D eigenvalue weighted by Gasteiger charge is 2.23. The molecule has 0 aromatic heterocycles. The third-order valence-electron chi connectivity index (χ3n) is 5.11. The zero-order chi connectivity index (χ0) is 19.4. The van der Waals surface area contributed by atoms with E-state index in [1.165, 1.54) is 5.56 Å². The number of fused-ring (bicyclic) bond motifs is 1. The number of para-hydroxylation sites is 1. The van der Waals surface area contributed by atoms with Crippen molar-refractivity contribution in [3.8, 4) is 0 Å². The molecule has 3 rings (SSSR count). The molecule has 0 atom stereocenters. The number of hydrogen-bond acceptors (Lipinski definition) is 3. The Morgan fingerprint density at radius 1 is 1.07 bits per heavy atom. The van der Waals surface area contributed by atoms with Crippen LogP contribution in [0.4, 0.5) is 11.4 Å². The molecule has 27 heavy (non-hydrogen) atoms. The first kappa shape index (κ1) is 19.0. The SMILES string of the molecule is CCC(C)(C)NC(=O)c1ccc(NCC(=O)N2CCc3ccccc32)cc1. The van der Waals surface area contributed by atoms with Gasteiger partial charge in [0.15, 0.2) is 0 Å². The van der Waals surface area contributed by atoms with Crippen molar-refractivity contribution >= 4 is 23.2 Å². The highest BCUT2D eigenvalue weighted by molar-refractivity contribution is 5.98. The van der Waals surface area contributed by atoms with Crippen molar-refractivity contribution in [1.82, 2.24) is 5.32 Å². The summed E-state index contributed by atoms with van der Waals surface area (Å²) in [6.45, 7) is 7.00. The minimum atomic E-state index is -0.230. The summed E-state index contributed by atoms with van der Waals surface area (Å²) in [5.74, 6) is -0.0374. The molecule has 0 spiro atoms. The van der Waals surface area contributed by atoms with Crippen molar-refractivity contribution in [2.24, 2.45) is 0 Å². The summed E-state index contributed by atoms with van der Waals surface area (Å²) in [5.41, 5.74) is 3.43. The van der Waals surface area contributed by atoms with E-state index < -0.39 is 0 Å². The standard InChI is InChI=1S/C22H27N3O2/c1-4-22(2,3)24-21(27)17-9-11-18(12-10-17)23-15-20(26)25-14-13-16-7-5-6-8-19(16)25/h5-12,23H,4,13-15H2,1-3H3,(H,24,27). The molecular weight excluding hydrogens is 338 g/mol. The van der Waals surface area contributed by atoms with Crippen LogP contribution in [0.5, 0.6) is 0 Å². The first-order chi connectivity index (χ1) is 12.9. The van der Waals surface area contributed by atoms with Gasteiger partial charge in [-0.1, -0.05) is 25.1 Å². The van der Waals surface area contributed by atoms with E-state index in [-0.39, 0.29) is 23.9 Å². The van der Waals surface area contributed by atoms with Gasteiger partial charge in [0, 0.05) is 29.0 Å². The number of benzene rings is 2. The van der Waals surface area contributed by atoms with E-state index in [2.05, 4.69) is 16.7 Å². The Kier molecular flexibility index (Phi) is 5.49. The molecule has 0 fully saturated rings. The second-order valence-electron chi connectivity index (χ2n) is 7.55. The molecule has 2 N–H and O–H groups in total. The van der Waals surface area contributed by atoms with Crippen LogP contribution in [0.1, 0.15) is 43.1 Å². The van der Waals surface area contributed by atoms with Gasteiger partial charge in [-0.2, -0.15) is 0 Å². The van der Waals surface area contributed by atoms with E-state index in [1.54, 1.807) is 12.1 Å². The summed E-state index contributed by atoms with van der Waals surface area (Å²) in [6.07, 6.45) is 1.76. The van der Waals surface area contributed by atoms with Crippen LogP contribution in [-0.2, 0) is 11.2 Å². The Bertz CT molecular complexity index is 828. The van der Waals surface area contributed by atoms with Crippen LogP contribution in [0.3, 0.4) is 0 Å². The predicted molar refractivity (Wildman–Crippen MR) is 109 cm³/mol. The topological polar surface area (TPSA) is 61.4 Å². The molecule has 2 aromatic carbocycles. The largest absolute Gasteiger partial charge is 0.376 e. The van der Waals surface area contributed by atoms with Crippen LogP contribution in [-0.4, -0.2) is 30.4 Å². The quantitative estimate of drug-likeness (QED) is 0.822. The van der Waals surface area contributed by atoms with Crippen molar-refractivity contribution in [2.75, 3.05) is 23.3 Å². The number of carbonyl (C=O) groups is 2. The Hall–Kier alpha value is -2.82. The van der Waals surface area contributed by atoms with Gasteiger partial charge in [0.05, 0.1) is 6.54 Å². The van der Waals surface area contributed by atoms with Gasteiger partial charge in [-0.25, -0.2) is 0 Å². The molecule has 0 unspecified atom stereocenters. The van der Waals surface area contributed by atoms with Crippen molar-refractivity contribution in [3.05, 3.63) is 59.7 Å². The van der Waals surface area contributed by atoms with Crippen LogP contribution in [0.2, 0.25) is 0 Å². The molecule has 1 aliphatic heterocycles. The van der Waals surface area contributed by atoms with Crippen molar-refractivity contribution in [2.45, 2.75) is 39.2 Å². The second kappa shape index (κ2) is 7.82. The summed E-state index contributed by atoms with van der Waals surface area (Å²) in [7, 11) is 0. The Labute approximate surface area is 160 Å². The van der Waals surface area contributed by atoms with E-state index >= 15 is 0 Å². The predicted octanol–water partition coefficient (Wildman–Crippen LogP) is 3.61. The van der Waals surface area contributed by atoms with Crippen LogP contribution in [0, 0.1) is 0 Å². The minimum Gasteiger partial charge on any atom is -0.376 e. The summed E-state index contributed by atoms with van der Waals surface area (Å²) in [4.78, 5) is 26.7. The molecule has 142 valence electrons. The first-order valence-electron chi connectivity index (χ1n) is 9.44. The molecule has 0 aliphatic carbocycles. The van der Waals surface area contributed by atoms with Gasteiger partial charge in [0.2, 0.25) is 5.91 Å². The highest BCUT2D eigenvalue weighted by atomic mass is 16.2. The van der Waals surface area contributed by atoms with Gasteiger partial charge in [-0.3, -0.25) is 9.59 Å². The molecule has 0 saturated carbocycles. The van der Waals surface area contributed by atoms with E-state index in [9.17, 15) is 9.59 Å².